The lowest BCUT2D eigenvalue weighted by Crippen LogP contribution is -2.43. The molecule has 1 aromatic carbocycles. The number of halogens is 2. The fraction of sp³-hybridized carbons (Fsp3) is 0.619. The van der Waals surface area contributed by atoms with Crippen LogP contribution in [-0.4, -0.2) is 14.0 Å². The van der Waals surface area contributed by atoms with Crippen molar-refractivity contribution in [2.45, 2.75) is 83.4 Å². The molecule has 0 fully saturated rings. The van der Waals surface area contributed by atoms with E-state index in [-0.39, 0.29) is 6.42 Å². The van der Waals surface area contributed by atoms with Gasteiger partial charge in [0.25, 0.3) is 0 Å². The summed E-state index contributed by atoms with van der Waals surface area (Å²) in [5, 5.41) is 0. The molecule has 134 valence electrons. The van der Waals surface area contributed by atoms with Gasteiger partial charge in [-0.05, 0) is 40.9 Å². The van der Waals surface area contributed by atoms with Crippen LogP contribution >= 0.6 is 0 Å². The molecular weight excluding hydrogens is 318 g/mol. The van der Waals surface area contributed by atoms with Gasteiger partial charge in [-0.15, -0.1) is 5.54 Å². The standard InChI is InChI=1S/C21H32F2Si/c1-17(2)24(18(3)4,19(5)6)16-15-21(22,23)14-10-13-20-11-8-7-9-12-20/h7-9,11-12,17-19H,10,13-14H2,1-6H3. The van der Waals surface area contributed by atoms with Crippen molar-refractivity contribution in [1.82, 2.24) is 0 Å². The maximum absolute atomic E-state index is 14.3. The van der Waals surface area contributed by atoms with Gasteiger partial charge in [0.1, 0.15) is 8.07 Å². The minimum Gasteiger partial charge on any atom is -0.192 e. The second kappa shape index (κ2) is 8.81. The first-order valence-corrected chi connectivity index (χ1v) is 11.3. The zero-order valence-corrected chi connectivity index (χ0v) is 17.0. The molecule has 0 amide bonds. The van der Waals surface area contributed by atoms with Crippen LogP contribution < -0.4 is 0 Å². The number of hydrogen-bond acceptors (Lipinski definition) is 0. The summed E-state index contributed by atoms with van der Waals surface area (Å²) < 4.78 is 28.6. The molecule has 0 saturated carbocycles. The Morgan fingerprint density at radius 2 is 1.42 bits per heavy atom. The highest BCUT2D eigenvalue weighted by Gasteiger charge is 2.42. The highest BCUT2D eigenvalue weighted by Crippen LogP contribution is 2.41. The fourth-order valence-electron chi connectivity index (χ4n) is 3.85. The maximum atomic E-state index is 14.3. The Morgan fingerprint density at radius 1 is 0.917 bits per heavy atom. The molecule has 0 radical (unpaired) electrons. The summed E-state index contributed by atoms with van der Waals surface area (Å²) in [6.07, 6.45) is 0.984. The van der Waals surface area contributed by atoms with Gasteiger partial charge in [-0.1, -0.05) is 71.9 Å². The topological polar surface area (TPSA) is 0 Å². The highest BCUT2D eigenvalue weighted by atomic mass is 28.3. The molecule has 0 N–H and O–H groups in total. The van der Waals surface area contributed by atoms with Gasteiger partial charge in [0.05, 0.1) is 0 Å². The molecule has 0 aliphatic rings. The van der Waals surface area contributed by atoms with Crippen molar-refractivity contribution < 1.29 is 8.78 Å². The van der Waals surface area contributed by atoms with Gasteiger partial charge in [-0.3, -0.25) is 0 Å². The van der Waals surface area contributed by atoms with Gasteiger partial charge >= 0.3 is 5.92 Å². The van der Waals surface area contributed by atoms with Gasteiger partial charge < -0.3 is 0 Å². The zero-order chi connectivity index (χ0) is 18.4. The summed E-state index contributed by atoms with van der Waals surface area (Å²) in [6, 6.07) is 9.80. The Kier molecular flexibility index (Phi) is 7.67. The molecule has 24 heavy (non-hydrogen) atoms. The van der Waals surface area contributed by atoms with E-state index >= 15 is 0 Å². The SMILES string of the molecule is CC(C)[Si](C#CC(F)(F)CCCc1ccccc1)(C(C)C)C(C)C. The Labute approximate surface area is 148 Å². The largest absolute Gasteiger partial charge is 0.307 e. The van der Waals surface area contributed by atoms with Crippen molar-refractivity contribution in [3.8, 4) is 11.5 Å². The van der Waals surface area contributed by atoms with Crippen LogP contribution in [0.2, 0.25) is 16.6 Å². The van der Waals surface area contributed by atoms with Crippen LogP contribution in [0.15, 0.2) is 30.3 Å². The van der Waals surface area contributed by atoms with E-state index in [0.29, 0.717) is 29.5 Å². The lowest BCUT2D eigenvalue weighted by atomic mass is 10.1. The molecule has 0 heterocycles. The first-order chi connectivity index (χ1) is 11.1. The van der Waals surface area contributed by atoms with Crippen LogP contribution in [0.4, 0.5) is 8.78 Å². The van der Waals surface area contributed by atoms with Crippen molar-refractivity contribution in [2.75, 3.05) is 0 Å². The molecular formula is C21H32F2Si. The molecule has 0 aromatic heterocycles. The van der Waals surface area contributed by atoms with Crippen LogP contribution in [-0.2, 0) is 6.42 Å². The van der Waals surface area contributed by atoms with Gasteiger partial charge in [-0.2, -0.15) is 8.78 Å². The number of alkyl halides is 2. The lowest BCUT2D eigenvalue weighted by Gasteiger charge is -2.38. The molecule has 0 unspecified atom stereocenters. The summed E-state index contributed by atoms with van der Waals surface area (Å²) in [5.41, 5.74) is 5.41. The lowest BCUT2D eigenvalue weighted by molar-refractivity contribution is 0.0546. The van der Waals surface area contributed by atoms with E-state index in [2.05, 4.69) is 53.0 Å². The Balaban J connectivity index is 2.82. The molecule has 0 bridgehead atoms. The zero-order valence-electron chi connectivity index (χ0n) is 16.0. The average Bonchev–Trinajstić information content (AvgIpc) is 2.47. The molecule has 1 rings (SSSR count). The maximum Gasteiger partial charge on any atom is 0.307 e. The van der Waals surface area contributed by atoms with E-state index in [9.17, 15) is 8.78 Å². The number of aryl methyl sites for hydroxylation is 1. The predicted molar refractivity (Wildman–Crippen MR) is 103 cm³/mol. The van der Waals surface area contributed by atoms with Crippen molar-refractivity contribution in [1.29, 1.82) is 0 Å². The second-order valence-corrected chi connectivity index (χ2v) is 13.3. The number of hydrogen-bond donors (Lipinski definition) is 0. The van der Waals surface area contributed by atoms with E-state index in [1.165, 1.54) is 0 Å². The molecule has 1 aromatic rings. The van der Waals surface area contributed by atoms with Crippen molar-refractivity contribution in [2.24, 2.45) is 0 Å². The average molecular weight is 351 g/mol. The van der Waals surface area contributed by atoms with E-state index < -0.39 is 14.0 Å². The molecule has 0 nitrogen and oxygen atoms in total. The van der Waals surface area contributed by atoms with Gasteiger partial charge in [0.2, 0.25) is 0 Å². The molecule has 0 aliphatic heterocycles. The van der Waals surface area contributed by atoms with Crippen LogP contribution in [0.3, 0.4) is 0 Å². The minimum absolute atomic E-state index is 0.159. The van der Waals surface area contributed by atoms with E-state index in [0.717, 1.165) is 5.56 Å². The normalized spacial score (nSPS) is 12.6. The van der Waals surface area contributed by atoms with Gasteiger partial charge in [0, 0.05) is 6.42 Å². The summed E-state index contributed by atoms with van der Waals surface area (Å²) in [4.78, 5) is 0. The molecule has 0 spiro atoms. The first-order valence-electron chi connectivity index (χ1n) is 9.08. The molecule has 3 heteroatoms. The fourth-order valence-corrected chi connectivity index (χ4v) is 9.12. The summed E-state index contributed by atoms with van der Waals surface area (Å²) in [6.45, 7) is 12.9. The Morgan fingerprint density at radius 3 is 1.88 bits per heavy atom. The van der Waals surface area contributed by atoms with Crippen LogP contribution in [0.25, 0.3) is 0 Å². The summed E-state index contributed by atoms with van der Waals surface area (Å²) >= 11 is 0. The first kappa shape index (κ1) is 20.9. The van der Waals surface area contributed by atoms with Crippen LogP contribution in [0, 0.1) is 11.5 Å². The van der Waals surface area contributed by atoms with E-state index in [4.69, 9.17) is 0 Å². The molecule has 0 atom stereocenters. The second-order valence-electron chi connectivity index (χ2n) is 7.69. The van der Waals surface area contributed by atoms with Crippen LogP contribution in [0.1, 0.15) is 59.9 Å². The quantitative estimate of drug-likeness (QED) is 0.372. The smallest absolute Gasteiger partial charge is 0.192 e. The Bertz CT molecular complexity index is 528. The van der Waals surface area contributed by atoms with E-state index in [1.807, 2.05) is 30.3 Å². The van der Waals surface area contributed by atoms with Crippen molar-refractivity contribution >= 4 is 8.07 Å². The summed E-state index contributed by atoms with van der Waals surface area (Å²) in [7, 11) is -2.08. The summed E-state index contributed by atoms with van der Waals surface area (Å²) in [5.74, 6) is -0.475. The third-order valence-corrected chi connectivity index (χ3v) is 11.4. The third-order valence-electron chi connectivity index (χ3n) is 5.13. The third kappa shape index (κ3) is 5.45. The van der Waals surface area contributed by atoms with E-state index in [1.54, 1.807) is 0 Å². The molecule has 0 saturated heterocycles. The number of rotatable bonds is 7. The van der Waals surface area contributed by atoms with Gasteiger partial charge in [-0.25, -0.2) is 0 Å². The van der Waals surface area contributed by atoms with Crippen LogP contribution in [0.5, 0.6) is 0 Å². The highest BCUT2D eigenvalue weighted by molar-refractivity contribution is 6.90. The minimum atomic E-state index is -2.88. The molecule has 0 aliphatic carbocycles. The monoisotopic (exact) mass is 350 g/mol. The van der Waals surface area contributed by atoms with Crippen molar-refractivity contribution in [3.05, 3.63) is 35.9 Å². The predicted octanol–water partition coefficient (Wildman–Crippen LogP) is 6.87. The Hall–Kier alpha value is -1.14. The van der Waals surface area contributed by atoms with Crippen molar-refractivity contribution in [3.63, 3.8) is 0 Å². The number of benzene rings is 1. The van der Waals surface area contributed by atoms with Gasteiger partial charge in [0.15, 0.2) is 0 Å².